The molecule has 7 nitrogen and oxygen atoms in total. The summed E-state index contributed by atoms with van der Waals surface area (Å²) < 4.78 is 11.7. The van der Waals surface area contributed by atoms with Crippen LogP contribution in [0.2, 0.25) is 0 Å². The molecule has 0 saturated carbocycles. The van der Waals surface area contributed by atoms with E-state index in [9.17, 15) is 4.79 Å². The summed E-state index contributed by atoms with van der Waals surface area (Å²) in [4.78, 5) is 23.7. The number of carbonyl (C=O) groups excluding carboxylic acids is 1. The standard InChI is InChI=1S/C11H14N4O3/c1-3-18-5-4-15-7-13-9-10(15)12-6-8(14-9)11(16)17-2/h6-7H,3-5H2,1-2H3. The van der Waals surface area contributed by atoms with Gasteiger partial charge in [0, 0.05) is 13.2 Å². The highest BCUT2D eigenvalue weighted by Crippen LogP contribution is 2.08. The minimum absolute atomic E-state index is 0.153. The number of carbonyl (C=O) groups is 1. The average molecular weight is 250 g/mol. The summed E-state index contributed by atoms with van der Waals surface area (Å²) >= 11 is 0. The predicted molar refractivity (Wildman–Crippen MR) is 63.2 cm³/mol. The van der Waals surface area contributed by atoms with Crippen LogP contribution in [0.1, 0.15) is 17.4 Å². The normalized spacial score (nSPS) is 10.8. The minimum atomic E-state index is -0.520. The molecule has 0 amide bonds. The molecule has 0 bridgehead atoms. The summed E-state index contributed by atoms with van der Waals surface area (Å²) in [5.41, 5.74) is 1.21. The Hall–Kier alpha value is -2.02. The third-order valence-electron chi connectivity index (χ3n) is 2.40. The molecule has 0 aliphatic heterocycles. The quantitative estimate of drug-likeness (QED) is 0.572. The van der Waals surface area contributed by atoms with Crippen molar-refractivity contribution in [2.45, 2.75) is 13.5 Å². The highest BCUT2D eigenvalue weighted by atomic mass is 16.5. The molecule has 7 heteroatoms. The van der Waals surface area contributed by atoms with Gasteiger partial charge in [0.25, 0.3) is 0 Å². The summed E-state index contributed by atoms with van der Waals surface area (Å²) in [5, 5.41) is 0. The molecule has 2 aromatic heterocycles. The van der Waals surface area contributed by atoms with Crippen LogP contribution in [0.15, 0.2) is 12.5 Å². The Kier molecular flexibility index (Phi) is 3.83. The number of methoxy groups -OCH3 is 1. The largest absolute Gasteiger partial charge is 0.464 e. The molecule has 0 saturated heterocycles. The SMILES string of the molecule is CCOCCn1cnc2nc(C(=O)OC)cnc21. The van der Waals surface area contributed by atoms with Crippen molar-refractivity contribution < 1.29 is 14.3 Å². The van der Waals surface area contributed by atoms with Crippen molar-refractivity contribution in [3.05, 3.63) is 18.2 Å². The first-order chi connectivity index (χ1) is 8.76. The summed E-state index contributed by atoms with van der Waals surface area (Å²) in [7, 11) is 1.30. The highest BCUT2D eigenvalue weighted by molar-refractivity contribution is 5.88. The number of hydrogen-bond donors (Lipinski definition) is 0. The van der Waals surface area contributed by atoms with Crippen LogP contribution in [0.3, 0.4) is 0 Å². The maximum absolute atomic E-state index is 11.3. The lowest BCUT2D eigenvalue weighted by Crippen LogP contribution is -2.07. The number of hydrogen-bond acceptors (Lipinski definition) is 6. The summed E-state index contributed by atoms with van der Waals surface area (Å²) in [5.74, 6) is -0.520. The molecule has 0 aliphatic carbocycles. The molecule has 18 heavy (non-hydrogen) atoms. The van der Waals surface area contributed by atoms with Crippen molar-refractivity contribution in [2.24, 2.45) is 0 Å². The van der Waals surface area contributed by atoms with Gasteiger partial charge in [-0.15, -0.1) is 0 Å². The minimum Gasteiger partial charge on any atom is -0.464 e. The van der Waals surface area contributed by atoms with Crippen molar-refractivity contribution in [1.29, 1.82) is 0 Å². The lowest BCUT2D eigenvalue weighted by Gasteiger charge is -2.03. The Morgan fingerprint density at radius 2 is 2.28 bits per heavy atom. The fourth-order valence-electron chi connectivity index (χ4n) is 1.52. The number of fused-ring (bicyclic) bond motifs is 1. The van der Waals surface area contributed by atoms with E-state index >= 15 is 0 Å². The molecule has 96 valence electrons. The van der Waals surface area contributed by atoms with Crippen LogP contribution in [-0.4, -0.2) is 45.8 Å². The van der Waals surface area contributed by atoms with Gasteiger partial charge in [0.15, 0.2) is 17.0 Å². The third kappa shape index (κ3) is 2.45. The molecule has 2 rings (SSSR count). The van der Waals surface area contributed by atoms with Crippen LogP contribution in [0.25, 0.3) is 11.3 Å². The van der Waals surface area contributed by atoms with Crippen molar-refractivity contribution >= 4 is 17.3 Å². The van der Waals surface area contributed by atoms with E-state index in [2.05, 4.69) is 19.7 Å². The highest BCUT2D eigenvalue weighted by Gasteiger charge is 2.12. The smallest absolute Gasteiger partial charge is 0.358 e. The molecule has 0 unspecified atom stereocenters. The Labute approximate surface area is 104 Å². The number of esters is 1. The van der Waals surface area contributed by atoms with Crippen molar-refractivity contribution in [3.63, 3.8) is 0 Å². The molecule has 0 radical (unpaired) electrons. The number of imidazole rings is 1. The first-order valence-electron chi connectivity index (χ1n) is 5.60. The monoisotopic (exact) mass is 250 g/mol. The molecule has 0 aromatic carbocycles. The topological polar surface area (TPSA) is 79.1 Å². The van der Waals surface area contributed by atoms with Gasteiger partial charge in [0.1, 0.15) is 0 Å². The van der Waals surface area contributed by atoms with Crippen LogP contribution in [0.5, 0.6) is 0 Å². The van der Waals surface area contributed by atoms with Crippen LogP contribution >= 0.6 is 0 Å². The number of ether oxygens (including phenoxy) is 2. The van der Waals surface area contributed by atoms with Gasteiger partial charge in [-0.1, -0.05) is 0 Å². The van der Waals surface area contributed by atoms with Crippen molar-refractivity contribution in [2.75, 3.05) is 20.3 Å². The number of nitrogens with zero attached hydrogens (tertiary/aromatic N) is 4. The first kappa shape index (κ1) is 12.4. The molecule has 0 aliphatic rings. The molecular formula is C11H14N4O3. The first-order valence-corrected chi connectivity index (χ1v) is 5.60. The maximum atomic E-state index is 11.3. The van der Waals surface area contributed by atoms with E-state index in [0.717, 1.165) is 0 Å². The predicted octanol–water partition coefficient (Wildman–Crippen LogP) is 0.649. The molecule has 0 N–H and O–H groups in total. The van der Waals surface area contributed by atoms with Gasteiger partial charge in [-0.3, -0.25) is 0 Å². The van der Waals surface area contributed by atoms with E-state index < -0.39 is 5.97 Å². The van der Waals surface area contributed by atoms with E-state index in [1.54, 1.807) is 6.33 Å². The van der Waals surface area contributed by atoms with Gasteiger partial charge >= 0.3 is 5.97 Å². The van der Waals surface area contributed by atoms with Gasteiger partial charge in [-0.05, 0) is 6.92 Å². The zero-order valence-electron chi connectivity index (χ0n) is 10.3. The second-order valence-corrected chi connectivity index (χ2v) is 3.53. The van der Waals surface area contributed by atoms with E-state index in [-0.39, 0.29) is 5.69 Å². The Morgan fingerprint density at radius 1 is 1.44 bits per heavy atom. The number of rotatable bonds is 5. The van der Waals surface area contributed by atoms with Gasteiger partial charge in [0.2, 0.25) is 0 Å². The zero-order valence-corrected chi connectivity index (χ0v) is 10.3. The second-order valence-electron chi connectivity index (χ2n) is 3.53. The maximum Gasteiger partial charge on any atom is 0.358 e. The molecule has 0 fully saturated rings. The number of aromatic nitrogens is 4. The Balaban J connectivity index is 2.23. The molecule has 0 spiro atoms. The average Bonchev–Trinajstić information content (AvgIpc) is 2.80. The Morgan fingerprint density at radius 3 is 3.00 bits per heavy atom. The van der Waals surface area contributed by atoms with E-state index in [1.165, 1.54) is 13.3 Å². The molecule has 2 aromatic rings. The second kappa shape index (κ2) is 5.54. The molecule has 0 atom stereocenters. The van der Waals surface area contributed by atoms with Gasteiger partial charge in [-0.25, -0.2) is 19.7 Å². The van der Waals surface area contributed by atoms with E-state index in [1.807, 2.05) is 11.5 Å². The van der Waals surface area contributed by atoms with Crippen molar-refractivity contribution in [3.8, 4) is 0 Å². The fraction of sp³-hybridized carbons (Fsp3) is 0.455. The van der Waals surface area contributed by atoms with Gasteiger partial charge in [-0.2, -0.15) is 0 Å². The molecule has 2 heterocycles. The lowest BCUT2D eigenvalue weighted by molar-refractivity contribution is 0.0594. The van der Waals surface area contributed by atoms with Gasteiger partial charge < -0.3 is 14.0 Å². The van der Waals surface area contributed by atoms with Crippen LogP contribution in [-0.2, 0) is 16.0 Å². The zero-order chi connectivity index (χ0) is 13.0. The Bertz CT molecular complexity index is 552. The third-order valence-corrected chi connectivity index (χ3v) is 2.40. The van der Waals surface area contributed by atoms with Crippen LogP contribution < -0.4 is 0 Å². The summed E-state index contributed by atoms with van der Waals surface area (Å²) in [6.07, 6.45) is 3.01. The summed E-state index contributed by atoms with van der Waals surface area (Å²) in [6.45, 7) is 3.85. The van der Waals surface area contributed by atoms with E-state index in [0.29, 0.717) is 31.1 Å². The molecular weight excluding hydrogens is 236 g/mol. The van der Waals surface area contributed by atoms with Crippen molar-refractivity contribution in [1.82, 2.24) is 19.5 Å². The van der Waals surface area contributed by atoms with E-state index in [4.69, 9.17) is 4.74 Å². The lowest BCUT2D eigenvalue weighted by atomic mass is 10.4. The van der Waals surface area contributed by atoms with Crippen LogP contribution in [0.4, 0.5) is 0 Å². The fourth-order valence-corrected chi connectivity index (χ4v) is 1.52. The van der Waals surface area contributed by atoms with Crippen LogP contribution in [0, 0.1) is 0 Å². The van der Waals surface area contributed by atoms with Gasteiger partial charge in [0.05, 0.1) is 26.2 Å². The summed E-state index contributed by atoms with van der Waals surface area (Å²) in [6, 6.07) is 0.